The van der Waals surface area contributed by atoms with Crippen molar-refractivity contribution in [2.75, 3.05) is 19.7 Å². The third-order valence-corrected chi connectivity index (χ3v) is 4.73. The molecule has 1 aliphatic rings. The lowest BCUT2D eigenvalue weighted by atomic mass is 10.0. The molecule has 1 aliphatic heterocycles. The molecule has 2 aromatic rings. The molecule has 0 spiro atoms. The van der Waals surface area contributed by atoms with E-state index in [9.17, 15) is 9.59 Å². The van der Waals surface area contributed by atoms with E-state index < -0.39 is 5.97 Å². The van der Waals surface area contributed by atoms with Crippen LogP contribution in [0.15, 0.2) is 22.8 Å². The van der Waals surface area contributed by atoms with Crippen molar-refractivity contribution in [3.63, 3.8) is 0 Å². The highest BCUT2D eigenvalue weighted by Gasteiger charge is 2.26. The lowest BCUT2D eigenvalue weighted by molar-refractivity contribution is -0.156. The number of carbonyl (C=O) groups is 2. The Morgan fingerprint density at radius 2 is 1.81 bits per heavy atom. The molecule has 140 valence electrons. The minimum Gasteiger partial charge on any atom is -0.464 e. The van der Waals surface area contributed by atoms with Crippen LogP contribution in [0.25, 0.3) is 11.0 Å². The first kappa shape index (κ1) is 18.5. The maximum absolute atomic E-state index is 12.3. The van der Waals surface area contributed by atoms with Gasteiger partial charge in [0.25, 0.3) is 5.91 Å². The van der Waals surface area contributed by atoms with Gasteiger partial charge in [0.15, 0.2) is 6.61 Å². The summed E-state index contributed by atoms with van der Waals surface area (Å²) in [5, 5.41) is 0.909. The van der Waals surface area contributed by atoms with E-state index in [2.05, 4.69) is 0 Å². The summed E-state index contributed by atoms with van der Waals surface area (Å²) < 4.78 is 16.3. The molecule has 2 heterocycles. The van der Waals surface area contributed by atoms with Gasteiger partial charge in [-0.15, -0.1) is 0 Å². The fourth-order valence-electron chi connectivity index (χ4n) is 3.29. The number of rotatable bonds is 4. The summed E-state index contributed by atoms with van der Waals surface area (Å²) in [5.41, 5.74) is 3.80. The molecule has 3 rings (SSSR count). The largest absolute Gasteiger partial charge is 0.464 e. The normalized spacial score (nSPS) is 20.4. The molecule has 6 nitrogen and oxygen atoms in total. The van der Waals surface area contributed by atoms with E-state index in [4.69, 9.17) is 13.9 Å². The predicted octanol–water partition coefficient (Wildman–Crippen LogP) is 2.77. The molecule has 2 atom stereocenters. The van der Waals surface area contributed by atoms with Crippen molar-refractivity contribution in [1.82, 2.24) is 4.90 Å². The molecule has 26 heavy (non-hydrogen) atoms. The molecule has 0 aliphatic carbocycles. The Bertz CT molecular complexity index is 815. The van der Waals surface area contributed by atoms with E-state index in [0.29, 0.717) is 13.1 Å². The number of benzene rings is 1. The Morgan fingerprint density at radius 3 is 2.50 bits per heavy atom. The monoisotopic (exact) mass is 359 g/mol. The molecule has 1 amide bonds. The van der Waals surface area contributed by atoms with E-state index in [1.165, 1.54) is 0 Å². The molecule has 1 saturated heterocycles. The molecule has 6 heteroatoms. The number of nitrogens with zero attached hydrogens (tertiary/aromatic N) is 1. The number of ether oxygens (including phenoxy) is 2. The van der Waals surface area contributed by atoms with Crippen LogP contribution in [0.4, 0.5) is 0 Å². The van der Waals surface area contributed by atoms with Gasteiger partial charge < -0.3 is 18.8 Å². The van der Waals surface area contributed by atoms with Crippen LogP contribution in [0.1, 0.15) is 30.5 Å². The molecule has 0 unspecified atom stereocenters. The maximum atomic E-state index is 12.3. The van der Waals surface area contributed by atoms with E-state index >= 15 is 0 Å². The summed E-state index contributed by atoms with van der Waals surface area (Å²) in [7, 11) is 0. The average molecular weight is 359 g/mol. The van der Waals surface area contributed by atoms with Crippen LogP contribution >= 0.6 is 0 Å². The minimum absolute atomic E-state index is 0.0117. The zero-order valence-corrected chi connectivity index (χ0v) is 15.7. The van der Waals surface area contributed by atoms with Gasteiger partial charge in [0, 0.05) is 24.0 Å². The van der Waals surface area contributed by atoms with Crippen molar-refractivity contribution in [2.24, 2.45) is 0 Å². The smallest absolute Gasteiger partial charge is 0.310 e. The summed E-state index contributed by atoms with van der Waals surface area (Å²) >= 11 is 0. The summed E-state index contributed by atoms with van der Waals surface area (Å²) in [5.74, 6) is -0.627. The summed E-state index contributed by atoms with van der Waals surface area (Å²) in [6.45, 7) is 8.69. The highest BCUT2D eigenvalue weighted by Crippen LogP contribution is 2.25. The molecule has 0 bridgehead atoms. The Kier molecular flexibility index (Phi) is 5.32. The van der Waals surface area contributed by atoms with Gasteiger partial charge in [0.2, 0.25) is 0 Å². The van der Waals surface area contributed by atoms with Gasteiger partial charge in [-0.1, -0.05) is 0 Å². The minimum atomic E-state index is -0.436. The summed E-state index contributed by atoms with van der Waals surface area (Å²) in [4.78, 5) is 26.1. The Hall–Kier alpha value is -2.34. The van der Waals surface area contributed by atoms with Crippen molar-refractivity contribution in [3.05, 3.63) is 35.1 Å². The fourth-order valence-corrected chi connectivity index (χ4v) is 3.29. The predicted molar refractivity (Wildman–Crippen MR) is 96.9 cm³/mol. The first-order valence-corrected chi connectivity index (χ1v) is 8.89. The summed E-state index contributed by atoms with van der Waals surface area (Å²) in [6.07, 6.45) is 1.64. The van der Waals surface area contributed by atoms with Crippen LogP contribution in [0.2, 0.25) is 0 Å². The van der Waals surface area contributed by atoms with Crippen molar-refractivity contribution < 1.29 is 23.5 Å². The number of morpholine rings is 1. The van der Waals surface area contributed by atoms with Gasteiger partial charge in [0.05, 0.1) is 24.9 Å². The van der Waals surface area contributed by atoms with E-state index in [1.54, 1.807) is 11.2 Å². The number of amides is 1. The standard InChI is InChI=1S/C20H25NO5/c1-12-5-17-16(10-24-18(17)6-13(12)2)7-20(23)25-11-19(22)21-8-14(3)26-15(4)9-21/h5-6,10,14-15H,7-9,11H2,1-4H3/t14-,15+. The highest BCUT2D eigenvalue weighted by molar-refractivity contribution is 5.87. The zero-order valence-electron chi connectivity index (χ0n) is 15.7. The molecule has 0 saturated carbocycles. The quantitative estimate of drug-likeness (QED) is 0.785. The van der Waals surface area contributed by atoms with Crippen molar-refractivity contribution >= 4 is 22.8 Å². The van der Waals surface area contributed by atoms with Gasteiger partial charge >= 0.3 is 5.97 Å². The maximum Gasteiger partial charge on any atom is 0.310 e. The molecule has 1 aromatic heterocycles. The van der Waals surface area contributed by atoms with E-state index in [1.807, 2.05) is 39.8 Å². The number of fused-ring (bicyclic) bond motifs is 1. The van der Waals surface area contributed by atoms with Crippen LogP contribution in [0.3, 0.4) is 0 Å². The lowest BCUT2D eigenvalue weighted by Gasteiger charge is -2.35. The summed E-state index contributed by atoms with van der Waals surface area (Å²) in [6, 6.07) is 3.97. The molecule has 1 fully saturated rings. The topological polar surface area (TPSA) is 69.0 Å². The van der Waals surface area contributed by atoms with E-state index in [0.717, 1.165) is 27.7 Å². The second kappa shape index (κ2) is 7.50. The zero-order chi connectivity index (χ0) is 18.8. The van der Waals surface area contributed by atoms with Gasteiger partial charge in [-0.2, -0.15) is 0 Å². The van der Waals surface area contributed by atoms with E-state index in [-0.39, 0.29) is 31.1 Å². The number of carbonyl (C=O) groups excluding carboxylic acids is 2. The number of hydrogen-bond acceptors (Lipinski definition) is 5. The highest BCUT2D eigenvalue weighted by atomic mass is 16.5. The lowest BCUT2D eigenvalue weighted by Crippen LogP contribution is -2.49. The number of esters is 1. The number of hydrogen-bond donors (Lipinski definition) is 0. The van der Waals surface area contributed by atoms with Crippen LogP contribution in [0.5, 0.6) is 0 Å². The van der Waals surface area contributed by atoms with Crippen molar-refractivity contribution in [3.8, 4) is 0 Å². The molecular weight excluding hydrogens is 334 g/mol. The van der Waals surface area contributed by atoms with Gasteiger partial charge in [-0.3, -0.25) is 9.59 Å². The first-order chi connectivity index (χ1) is 12.3. The van der Waals surface area contributed by atoms with Gasteiger partial charge in [0.1, 0.15) is 5.58 Å². The van der Waals surface area contributed by atoms with Crippen LogP contribution in [0, 0.1) is 13.8 Å². The first-order valence-electron chi connectivity index (χ1n) is 8.89. The van der Waals surface area contributed by atoms with Crippen LogP contribution in [-0.2, 0) is 25.5 Å². The fraction of sp³-hybridized carbons (Fsp3) is 0.500. The Labute approximate surface area is 153 Å². The Balaban J connectivity index is 1.58. The molecule has 1 aromatic carbocycles. The Morgan fingerprint density at radius 1 is 1.15 bits per heavy atom. The third-order valence-electron chi connectivity index (χ3n) is 4.73. The molecular formula is C20H25NO5. The number of furan rings is 1. The third kappa shape index (κ3) is 4.07. The number of aryl methyl sites for hydroxylation is 2. The van der Waals surface area contributed by atoms with Crippen molar-refractivity contribution in [2.45, 2.75) is 46.3 Å². The van der Waals surface area contributed by atoms with Crippen LogP contribution in [-0.4, -0.2) is 48.7 Å². The van der Waals surface area contributed by atoms with Gasteiger partial charge in [-0.25, -0.2) is 0 Å². The second-order valence-electron chi connectivity index (χ2n) is 7.09. The molecule has 0 radical (unpaired) electrons. The van der Waals surface area contributed by atoms with Crippen LogP contribution < -0.4 is 0 Å². The second-order valence-corrected chi connectivity index (χ2v) is 7.09. The average Bonchev–Trinajstić information content (AvgIpc) is 2.94. The van der Waals surface area contributed by atoms with Gasteiger partial charge in [-0.05, 0) is 51.0 Å². The SMILES string of the molecule is Cc1cc2occ(CC(=O)OCC(=O)N3C[C@@H](C)O[C@@H](C)C3)c2cc1C. The molecule has 0 N–H and O–H groups in total. The van der Waals surface area contributed by atoms with Crippen molar-refractivity contribution in [1.29, 1.82) is 0 Å².